The second kappa shape index (κ2) is 5.26. The predicted octanol–water partition coefficient (Wildman–Crippen LogP) is 0.698. The fraction of sp³-hybridized carbons (Fsp3) is 0.273. The molecule has 0 fully saturated rings. The number of aromatic amines is 2. The zero-order chi connectivity index (χ0) is 13.0. The van der Waals surface area contributed by atoms with E-state index in [1.165, 1.54) is 6.20 Å². The highest BCUT2D eigenvalue weighted by atomic mass is 16.2. The summed E-state index contributed by atoms with van der Waals surface area (Å²) in [6, 6.07) is 1.77. The van der Waals surface area contributed by atoms with Crippen LogP contribution in [0.25, 0.3) is 0 Å². The number of aromatic nitrogens is 4. The van der Waals surface area contributed by atoms with Crippen LogP contribution >= 0.6 is 0 Å². The first kappa shape index (κ1) is 12.0. The van der Waals surface area contributed by atoms with Crippen LogP contribution in [0.1, 0.15) is 29.5 Å². The Hall–Kier alpha value is -2.44. The number of amides is 1. The van der Waals surface area contributed by atoms with Crippen LogP contribution in [0.15, 0.2) is 23.3 Å². The third kappa shape index (κ3) is 2.82. The molecule has 2 heterocycles. The minimum absolute atomic E-state index is 0.134. The molecule has 0 aromatic carbocycles. The largest absolute Gasteiger partial charge is 0.325 e. The van der Waals surface area contributed by atoms with E-state index in [1.807, 2.05) is 0 Å². The van der Waals surface area contributed by atoms with Crippen LogP contribution in [-0.4, -0.2) is 26.1 Å². The first-order chi connectivity index (χ1) is 8.69. The normalized spacial score (nSPS) is 10.3. The SMILES string of the molecule is CCCc1cc(NC(=O)c2c[nH]c(=O)cn2)n[nH]1. The van der Waals surface area contributed by atoms with Gasteiger partial charge in [-0.2, -0.15) is 5.10 Å². The van der Waals surface area contributed by atoms with E-state index in [4.69, 9.17) is 0 Å². The molecule has 0 atom stereocenters. The number of hydrogen-bond acceptors (Lipinski definition) is 4. The molecule has 94 valence electrons. The minimum Gasteiger partial charge on any atom is -0.325 e. The smallest absolute Gasteiger partial charge is 0.276 e. The van der Waals surface area contributed by atoms with Crippen molar-refractivity contribution in [2.45, 2.75) is 19.8 Å². The lowest BCUT2D eigenvalue weighted by Crippen LogP contribution is -2.17. The molecule has 0 aliphatic heterocycles. The molecular formula is C11H13N5O2. The quantitative estimate of drug-likeness (QED) is 0.739. The fourth-order valence-electron chi connectivity index (χ4n) is 1.47. The molecule has 7 heteroatoms. The van der Waals surface area contributed by atoms with Crippen molar-refractivity contribution in [3.8, 4) is 0 Å². The van der Waals surface area contributed by atoms with Crippen LogP contribution in [0.3, 0.4) is 0 Å². The Morgan fingerprint density at radius 1 is 1.50 bits per heavy atom. The van der Waals surface area contributed by atoms with Gasteiger partial charge in [0, 0.05) is 18.0 Å². The van der Waals surface area contributed by atoms with E-state index >= 15 is 0 Å². The number of carbonyl (C=O) groups excluding carboxylic acids is 1. The number of nitrogens with zero attached hydrogens (tertiary/aromatic N) is 2. The number of nitrogens with one attached hydrogen (secondary N) is 3. The third-order valence-electron chi connectivity index (χ3n) is 2.30. The number of H-pyrrole nitrogens is 2. The van der Waals surface area contributed by atoms with E-state index in [1.54, 1.807) is 6.07 Å². The van der Waals surface area contributed by atoms with Gasteiger partial charge in [0.2, 0.25) is 0 Å². The average Bonchev–Trinajstić information content (AvgIpc) is 2.78. The van der Waals surface area contributed by atoms with Crippen molar-refractivity contribution in [2.24, 2.45) is 0 Å². The van der Waals surface area contributed by atoms with Crippen molar-refractivity contribution in [3.05, 3.63) is 40.2 Å². The molecule has 0 unspecified atom stereocenters. The monoisotopic (exact) mass is 247 g/mol. The standard InChI is InChI=1S/C11H13N5O2/c1-2-3-7-4-9(16-15-7)14-11(18)8-5-13-10(17)6-12-8/h4-6H,2-3H2,1H3,(H,13,17)(H2,14,15,16,18). The van der Waals surface area contributed by atoms with Crippen molar-refractivity contribution < 1.29 is 4.79 Å². The Labute approximate surface area is 103 Å². The summed E-state index contributed by atoms with van der Waals surface area (Å²) in [5.41, 5.74) is 0.744. The van der Waals surface area contributed by atoms with Crippen LogP contribution in [0.5, 0.6) is 0 Å². The van der Waals surface area contributed by atoms with E-state index in [0.717, 1.165) is 24.7 Å². The van der Waals surface area contributed by atoms with Gasteiger partial charge in [-0.15, -0.1) is 0 Å². The summed E-state index contributed by atoms with van der Waals surface area (Å²) >= 11 is 0. The number of aryl methyl sites for hydroxylation is 1. The summed E-state index contributed by atoms with van der Waals surface area (Å²) in [6.07, 6.45) is 4.19. The maximum atomic E-state index is 11.7. The fourth-order valence-corrected chi connectivity index (χ4v) is 1.47. The molecule has 0 radical (unpaired) electrons. The van der Waals surface area contributed by atoms with E-state index in [2.05, 4.69) is 32.4 Å². The van der Waals surface area contributed by atoms with Crippen molar-refractivity contribution in [1.29, 1.82) is 0 Å². The van der Waals surface area contributed by atoms with Gasteiger partial charge in [-0.1, -0.05) is 13.3 Å². The molecule has 7 nitrogen and oxygen atoms in total. The van der Waals surface area contributed by atoms with Gasteiger partial charge < -0.3 is 10.3 Å². The second-order valence-electron chi connectivity index (χ2n) is 3.78. The summed E-state index contributed by atoms with van der Waals surface area (Å²) < 4.78 is 0. The average molecular weight is 247 g/mol. The van der Waals surface area contributed by atoms with Gasteiger partial charge in [-0.05, 0) is 6.42 Å². The van der Waals surface area contributed by atoms with Gasteiger partial charge in [-0.3, -0.25) is 14.7 Å². The number of anilines is 1. The summed E-state index contributed by atoms with van der Waals surface area (Å²) in [6.45, 7) is 2.06. The second-order valence-corrected chi connectivity index (χ2v) is 3.78. The van der Waals surface area contributed by atoms with E-state index in [-0.39, 0.29) is 11.3 Å². The Morgan fingerprint density at radius 2 is 2.33 bits per heavy atom. The minimum atomic E-state index is -0.416. The van der Waals surface area contributed by atoms with Crippen molar-refractivity contribution in [3.63, 3.8) is 0 Å². The van der Waals surface area contributed by atoms with Crippen LogP contribution in [0.4, 0.5) is 5.82 Å². The van der Waals surface area contributed by atoms with E-state index < -0.39 is 5.91 Å². The molecule has 0 aliphatic carbocycles. The number of rotatable bonds is 4. The molecule has 0 saturated carbocycles. The Balaban J connectivity index is 2.06. The lowest BCUT2D eigenvalue weighted by atomic mass is 10.2. The lowest BCUT2D eigenvalue weighted by Gasteiger charge is -1.99. The summed E-state index contributed by atoms with van der Waals surface area (Å²) in [4.78, 5) is 28.7. The maximum absolute atomic E-state index is 11.7. The highest BCUT2D eigenvalue weighted by Crippen LogP contribution is 2.08. The molecule has 1 amide bonds. The van der Waals surface area contributed by atoms with Crippen molar-refractivity contribution in [1.82, 2.24) is 20.2 Å². The van der Waals surface area contributed by atoms with Gasteiger partial charge in [0.05, 0.1) is 6.20 Å². The first-order valence-corrected chi connectivity index (χ1v) is 5.59. The van der Waals surface area contributed by atoms with E-state index in [9.17, 15) is 9.59 Å². The highest BCUT2D eigenvalue weighted by molar-refractivity contribution is 6.02. The topological polar surface area (TPSA) is 104 Å². The molecule has 0 aliphatic rings. The van der Waals surface area contributed by atoms with Gasteiger partial charge >= 0.3 is 0 Å². The van der Waals surface area contributed by atoms with Gasteiger partial charge in [-0.25, -0.2) is 4.98 Å². The Bertz CT molecular complexity index is 581. The molecule has 0 spiro atoms. The zero-order valence-electron chi connectivity index (χ0n) is 9.86. The molecular weight excluding hydrogens is 234 g/mol. The summed E-state index contributed by atoms with van der Waals surface area (Å²) in [7, 11) is 0. The zero-order valence-corrected chi connectivity index (χ0v) is 9.86. The molecule has 3 N–H and O–H groups in total. The Morgan fingerprint density at radius 3 is 3.00 bits per heavy atom. The van der Waals surface area contributed by atoms with Crippen molar-refractivity contribution >= 4 is 11.7 Å². The molecule has 2 aromatic heterocycles. The molecule has 0 bridgehead atoms. The van der Waals surface area contributed by atoms with Crippen LogP contribution in [-0.2, 0) is 6.42 Å². The molecule has 0 saturated heterocycles. The lowest BCUT2D eigenvalue weighted by molar-refractivity contribution is 0.102. The van der Waals surface area contributed by atoms with Crippen LogP contribution < -0.4 is 10.9 Å². The summed E-state index contributed by atoms with van der Waals surface area (Å²) in [5.74, 6) is 0.0252. The maximum Gasteiger partial charge on any atom is 0.276 e. The van der Waals surface area contributed by atoms with Crippen LogP contribution in [0, 0.1) is 0 Å². The predicted molar refractivity (Wildman–Crippen MR) is 65.4 cm³/mol. The molecule has 2 rings (SSSR count). The third-order valence-corrected chi connectivity index (χ3v) is 2.30. The number of hydrogen-bond donors (Lipinski definition) is 3. The first-order valence-electron chi connectivity index (χ1n) is 5.59. The Kier molecular flexibility index (Phi) is 3.52. The number of carbonyl (C=O) groups is 1. The van der Waals surface area contributed by atoms with Gasteiger partial charge in [0.25, 0.3) is 11.5 Å². The van der Waals surface area contributed by atoms with E-state index in [0.29, 0.717) is 5.82 Å². The highest BCUT2D eigenvalue weighted by Gasteiger charge is 2.09. The van der Waals surface area contributed by atoms with Crippen LogP contribution in [0.2, 0.25) is 0 Å². The molecule has 2 aromatic rings. The summed E-state index contributed by atoms with van der Waals surface area (Å²) in [5, 5.41) is 9.38. The van der Waals surface area contributed by atoms with Crippen molar-refractivity contribution in [2.75, 3.05) is 5.32 Å². The molecule has 18 heavy (non-hydrogen) atoms. The van der Waals surface area contributed by atoms with Gasteiger partial charge in [0.1, 0.15) is 5.69 Å². The van der Waals surface area contributed by atoms with Gasteiger partial charge in [0.15, 0.2) is 5.82 Å².